The van der Waals surface area contributed by atoms with Crippen LogP contribution in [0.15, 0.2) is 30.6 Å². The molecule has 0 bridgehead atoms. The molecule has 7 nitrogen and oxygen atoms in total. The Hall–Kier alpha value is -3.03. The fraction of sp³-hybridized carbons (Fsp3) is 0.294. The first-order chi connectivity index (χ1) is 11.7. The Labute approximate surface area is 144 Å². The maximum atomic E-state index is 13.9. The number of hydrogen-bond donors (Lipinski definition) is 2. The largest absolute Gasteiger partial charge is 0.475 e. The van der Waals surface area contributed by atoms with Crippen LogP contribution >= 0.6 is 0 Å². The molecule has 132 valence electrons. The van der Waals surface area contributed by atoms with Crippen LogP contribution in [0, 0.1) is 16.6 Å². The van der Waals surface area contributed by atoms with Crippen molar-refractivity contribution in [2.24, 2.45) is 11.1 Å². The fourth-order valence-corrected chi connectivity index (χ4v) is 2.02. The molecule has 0 aliphatic rings. The third-order valence-corrected chi connectivity index (χ3v) is 3.50. The average molecular weight is 346 g/mol. The van der Waals surface area contributed by atoms with E-state index in [0.717, 1.165) is 0 Å². The van der Waals surface area contributed by atoms with Crippen molar-refractivity contribution in [3.63, 3.8) is 0 Å². The summed E-state index contributed by atoms with van der Waals surface area (Å²) in [7, 11) is 1.31. The first-order valence-corrected chi connectivity index (χ1v) is 7.42. The lowest BCUT2D eigenvalue weighted by molar-refractivity contribution is -0.152. The number of carbonyl (C=O) groups is 1. The van der Waals surface area contributed by atoms with Crippen molar-refractivity contribution in [3.05, 3.63) is 42.0 Å². The summed E-state index contributed by atoms with van der Waals surface area (Å²) in [4.78, 5) is 19.9. The molecule has 1 heterocycles. The van der Waals surface area contributed by atoms with Crippen LogP contribution in [-0.2, 0) is 9.53 Å². The molecule has 25 heavy (non-hydrogen) atoms. The molecule has 0 atom stereocenters. The Morgan fingerprint density at radius 2 is 2.04 bits per heavy atom. The van der Waals surface area contributed by atoms with Crippen molar-refractivity contribution in [2.45, 2.75) is 13.8 Å². The number of methoxy groups -OCH3 is 1. The quantitative estimate of drug-likeness (QED) is 0.471. The number of nitrogens with one attached hydrogen (secondary N) is 1. The topological polar surface area (TPSA) is 111 Å². The van der Waals surface area contributed by atoms with E-state index in [9.17, 15) is 9.18 Å². The van der Waals surface area contributed by atoms with Gasteiger partial charge in [-0.05, 0) is 26.0 Å². The molecule has 0 unspecified atom stereocenters. The summed E-state index contributed by atoms with van der Waals surface area (Å²) in [6.45, 7) is 3.47. The summed E-state index contributed by atoms with van der Waals surface area (Å²) >= 11 is 0. The van der Waals surface area contributed by atoms with Crippen molar-refractivity contribution >= 4 is 11.8 Å². The maximum absolute atomic E-state index is 13.9. The molecular weight excluding hydrogens is 327 g/mol. The van der Waals surface area contributed by atoms with Crippen LogP contribution in [0.1, 0.15) is 19.4 Å². The molecule has 0 saturated carbocycles. The molecule has 3 N–H and O–H groups in total. The summed E-state index contributed by atoms with van der Waals surface area (Å²) in [6, 6.07) is 4.25. The fourth-order valence-electron chi connectivity index (χ4n) is 2.02. The monoisotopic (exact) mass is 346 g/mol. The summed E-state index contributed by atoms with van der Waals surface area (Å²) in [5.74, 6) is -1.10. The zero-order valence-corrected chi connectivity index (χ0v) is 14.2. The van der Waals surface area contributed by atoms with Gasteiger partial charge in [0.05, 0.1) is 36.2 Å². The first-order valence-electron chi connectivity index (χ1n) is 7.42. The number of hydrogen-bond acceptors (Lipinski definition) is 6. The summed E-state index contributed by atoms with van der Waals surface area (Å²) in [6.07, 6.45) is 2.82. The molecule has 1 aromatic carbocycles. The van der Waals surface area contributed by atoms with Gasteiger partial charge in [-0.3, -0.25) is 10.2 Å². The van der Waals surface area contributed by atoms with E-state index >= 15 is 0 Å². The molecule has 0 spiro atoms. The molecule has 1 aromatic heterocycles. The molecule has 2 aromatic rings. The van der Waals surface area contributed by atoms with Gasteiger partial charge in [-0.25, -0.2) is 14.4 Å². The van der Waals surface area contributed by atoms with Gasteiger partial charge in [0.25, 0.3) is 0 Å². The molecule has 8 heteroatoms. The van der Waals surface area contributed by atoms with Gasteiger partial charge in [-0.1, -0.05) is 6.07 Å². The highest BCUT2D eigenvalue weighted by molar-refractivity contribution is 5.95. The van der Waals surface area contributed by atoms with Crippen LogP contribution in [0.5, 0.6) is 5.88 Å². The predicted molar refractivity (Wildman–Crippen MR) is 89.7 cm³/mol. The van der Waals surface area contributed by atoms with E-state index < -0.39 is 17.2 Å². The number of carbonyl (C=O) groups excluding carboxylic acids is 1. The molecule has 0 saturated heterocycles. The second kappa shape index (κ2) is 7.25. The number of rotatable bonds is 6. The van der Waals surface area contributed by atoms with Crippen molar-refractivity contribution < 1.29 is 18.7 Å². The SMILES string of the molecule is COC(=O)C(C)(C)COc1cnc(-c2ccc(C(=N)N)c(F)c2)cn1. The Morgan fingerprint density at radius 1 is 1.32 bits per heavy atom. The summed E-state index contributed by atoms with van der Waals surface area (Å²) < 4.78 is 24.1. The first kappa shape index (κ1) is 18.3. The number of benzene rings is 1. The van der Waals surface area contributed by atoms with Crippen molar-refractivity contribution in [1.82, 2.24) is 9.97 Å². The molecule has 0 radical (unpaired) electrons. The second-order valence-electron chi connectivity index (χ2n) is 6.01. The highest BCUT2D eigenvalue weighted by Gasteiger charge is 2.30. The predicted octanol–water partition coefficient (Wildman–Crippen LogP) is 2.14. The number of nitrogen functional groups attached to an aromatic ring is 1. The molecule has 0 aliphatic heterocycles. The number of aromatic nitrogens is 2. The number of halogens is 1. The van der Waals surface area contributed by atoms with Gasteiger partial charge in [0, 0.05) is 5.56 Å². The zero-order valence-electron chi connectivity index (χ0n) is 14.2. The third kappa shape index (κ3) is 4.28. The van der Waals surface area contributed by atoms with Crippen LogP contribution in [0.2, 0.25) is 0 Å². The number of esters is 1. The lowest BCUT2D eigenvalue weighted by atomic mass is 9.95. The molecular formula is C17H19FN4O3. The van der Waals surface area contributed by atoms with E-state index in [2.05, 4.69) is 9.97 Å². The Kier molecular flexibility index (Phi) is 5.31. The van der Waals surface area contributed by atoms with Crippen molar-refractivity contribution in [3.8, 4) is 17.1 Å². The summed E-state index contributed by atoms with van der Waals surface area (Å²) in [5, 5.41) is 7.28. The van der Waals surface area contributed by atoms with Crippen LogP contribution in [-0.4, -0.2) is 35.5 Å². The van der Waals surface area contributed by atoms with Gasteiger partial charge in [0.2, 0.25) is 5.88 Å². The highest BCUT2D eigenvalue weighted by atomic mass is 19.1. The highest BCUT2D eigenvalue weighted by Crippen LogP contribution is 2.22. The van der Waals surface area contributed by atoms with Gasteiger partial charge >= 0.3 is 5.97 Å². The second-order valence-corrected chi connectivity index (χ2v) is 6.01. The third-order valence-electron chi connectivity index (χ3n) is 3.50. The van der Waals surface area contributed by atoms with E-state index in [1.807, 2.05) is 0 Å². The number of nitrogens with zero attached hydrogens (tertiary/aromatic N) is 2. The molecule has 0 amide bonds. The van der Waals surface area contributed by atoms with Crippen molar-refractivity contribution in [1.29, 1.82) is 5.41 Å². The van der Waals surface area contributed by atoms with Crippen LogP contribution in [0.25, 0.3) is 11.3 Å². The number of amidine groups is 1. The minimum absolute atomic E-state index is 0.0294. The standard InChI is InChI=1S/C17H19FN4O3/c1-17(2,16(23)24-3)9-25-14-8-21-13(7-22-14)10-4-5-11(15(19)20)12(18)6-10/h4-8H,9H2,1-3H3,(H3,19,20). The van der Waals surface area contributed by atoms with E-state index in [-0.39, 0.29) is 23.9 Å². The number of nitrogens with two attached hydrogens (primary N) is 1. The average Bonchev–Trinajstić information content (AvgIpc) is 2.59. The van der Waals surface area contributed by atoms with Crippen LogP contribution in [0.4, 0.5) is 4.39 Å². The molecule has 0 fully saturated rings. The van der Waals surface area contributed by atoms with Crippen LogP contribution < -0.4 is 10.5 Å². The van der Waals surface area contributed by atoms with Gasteiger partial charge in [0.1, 0.15) is 18.3 Å². The lowest BCUT2D eigenvalue weighted by Crippen LogP contribution is -2.32. The van der Waals surface area contributed by atoms with Gasteiger partial charge in [-0.2, -0.15) is 0 Å². The Morgan fingerprint density at radius 3 is 2.56 bits per heavy atom. The minimum atomic E-state index is -0.819. The van der Waals surface area contributed by atoms with Crippen molar-refractivity contribution in [2.75, 3.05) is 13.7 Å². The molecule has 0 aliphatic carbocycles. The number of ether oxygens (including phenoxy) is 2. The minimum Gasteiger partial charge on any atom is -0.475 e. The van der Waals surface area contributed by atoms with E-state index in [1.54, 1.807) is 19.9 Å². The normalized spacial score (nSPS) is 11.0. The maximum Gasteiger partial charge on any atom is 0.314 e. The van der Waals surface area contributed by atoms with Gasteiger partial charge in [0.15, 0.2) is 0 Å². The zero-order chi connectivity index (χ0) is 18.6. The lowest BCUT2D eigenvalue weighted by Gasteiger charge is -2.21. The smallest absolute Gasteiger partial charge is 0.314 e. The van der Waals surface area contributed by atoms with E-state index in [0.29, 0.717) is 11.3 Å². The Bertz CT molecular complexity index is 791. The van der Waals surface area contributed by atoms with E-state index in [1.165, 1.54) is 31.6 Å². The molecule has 2 rings (SSSR count). The van der Waals surface area contributed by atoms with E-state index in [4.69, 9.17) is 20.6 Å². The van der Waals surface area contributed by atoms with Gasteiger partial charge < -0.3 is 15.2 Å². The Balaban J connectivity index is 2.11. The summed E-state index contributed by atoms with van der Waals surface area (Å²) in [5.41, 5.74) is 5.43. The van der Waals surface area contributed by atoms with Crippen LogP contribution in [0.3, 0.4) is 0 Å². The van der Waals surface area contributed by atoms with Gasteiger partial charge in [-0.15, -0.1) is 0 Å².